The molecule has 0 spiro atoms. The Morgan fingerprint density at radius 1 is 1.33 bits per heavy atom. The van der Waals surface area contributed by atoms with E-state index < -0.39 is 5.97 Å². The first-order valence-corrected chi connectivity index (χ1v) is 6.61. The van der Waals surface area contributed by atoms with E-state index in [2.05, 4.69) is 5.32 Å². The molecule has 0 bridgehead atoms. The maximum atomic E-state index is 13.5. The lowest BCUT2D eigenvalue weighted by atomic mass is 10.1. The van der Waals surface area contributed by atoms with Gasteiger partial charge in [0, 0.05) is 22.6 Å². The molecule has 0 amide bonds. The van der Waals surface area contributed by atoms with Crippen LogP contribution in [0.1, 0.15) is 22.8 Å². The van der Waals surface area contributed by atoms with Gasteiger partial charge in [-0.1, -0.05) is 6.07 Å². The van der Waals surface area contributed by atoms with Crippen LogP contribution in [0.15, 0.2) is 36.4 Å². The van der Waals surface area contributed by atoms with E-state index in [1.54, 1.807) is 44.2 Å². The van der Waals surface area contributed by atoms with Crippen molar-refractivity contribution in [2.45, 2.75) is 13.8 Å². The number of benzene rings is 2. The summed E-state index contributed by atoms with van der Waals surface area (Å²) in [5, 5.41) is 3.07. The zero-order valence-corrected chi connectivity index (χ0v) is 11.9. The van der Waals surface area contributed by atoms with Gasteiger partial charge in [0.1, 0.15) is 5.82 Å². The molecule has 0 saturated heterocycles. The van der Waals surface area contributed by atoms with E-state index in [-0.39, 0.29) is 18.0 Å². The van der Waals surface area contributed by atoms with Crippen LogP contribution >= 0.6 is 0 Å². The Morgan fingerprint density at radius 3 is 2.81 bits per heavy atom. The van der Waals surface area contributed by atoms with E-state index >= 15 is 0 Å². The minimum absolute atomic E-state index is 0.277. The van der Waals surface area contributed by atoms with Crippen LogP contribution in [-0.4, -0.2) is 12.6 Å². The molecule has 0 radical (unpaired) electrons. The third kappa shape index (κ3) is 3.31. The standard InChI is InChI=1S/C16H17FN2O2/c1-3-21-16(20)12-9-11(7-8-14(12)18)19-15-6-4-5-13(17)10(15)2/h4-9,19H,3,18H2,1-2H3. The third-order valence-electron chi connectivity index (χ3n) is 3.10. The molecular weight excluding hydrogens is 271 g/mol. The summed E-state index contributed by atoms with van der Waals surface area (Å²) < 4.78 is 18.5. The number of ether oxygens (including phenoxy) is 1. The fourth-order valence-corrected chi connectivity index (χ4v) is 1.92. The molecule has 0 aliphatic rings. The van der Waals surface area contributed by atoms with Gasteiger partial charge in [-0.05, 0) is 44.2 Å². The third-order valence-corrected chi connectivity index (χ3v) is 3.10. The van der Waals surface area contributed by atoms with Crippen molar-refractivity contribution >= 4 is 23.0 Å². The van der Waals surface area contributed by atoms with Crippen LogP contribution < -0.4 is 11.1 Å². The predicted molar refractivity (Wildman–Crippen MR) is 81.2 cm³/mol. The van der Waals surface area contributed by atoms with Crippen LogP contribution in [0.5, 0.6) is 0 Å². The quantitative estimate of drug-likeness (QED) is 0.666. The lowest BCUT2D eigenvalue weighted by Crippen LogP contribution is -2.08. The van der Waals surface area contributed by atoms with E-state index in [0.29, 0.717) is 22.6 Å². The fraction of sp³-hybridized carbons (Fsp3) is 0.188. The summed E-state index contributed by atoms with van der Waals surface area (Å²) in [6, 6.07) is 9.71. The summed E-state index contributed by atoms with van der Waals surface area (Å²) in [4.78, 5) is 11.8. The molecule has 0 aliphatic heterocycles. The zero-order chi connectivity index (χ0) is 15.4. The molecule has 0 aromatic heterocycles. The van der Waals surface area contributed by atoms with Gasteiger partial charge in [-0.3, -0.25) is 0 Å². The molecule has 2 aromatic carbocycles. The van der Waals surface area contributed by atoms with Gasteiger partial charge in [-0.25, -0.2) is 9.18 Å². The molecule has 4 nitrogen and oxygen atoms in total. The highest BCUT2D eigenvalue weighted by atomic mass is 19.1. The molecule has 21 heavy (non-hydrogen) atoms. The fourth-order valence-electron chi connectivity index (χ4n) is 1.92. The highest BCUT2D eigenvalue weighted by Gasteiger charge is 2.12. The highest BCUT2D eigenvalue weighted by molar-refractivity contribution is 5.96. The second-order valence-corrected chi connectivity index (χ2v) is 4.56. The molecule has 0 heterocycles. The average Bonchev–Trinajstić information content (AvgIpc) is 2.46. The topological polar surface area (TPSA) is 64.3 Å². The maximum Gasteiger partial charge on any atom is 0.340 e. The van der Waals surface area contributed by atoms with Gasteiger partial charge in [0.15, 0.2) is 0 Å². The monoisotopic (exact) mass is 288 g/mol. The number of hydrogen-bond donors (Lipinski definition) is 2. The number of esters is 1. The van der Waals surface area contributed by atoms with Crippen molar-refractivity contribution < 1.29 is 13.9 Å². The summed E-state index contributed by atoms with van der Waals surface area (Å²) in [5.41, 5.74) is 8.19. The molecule has 0 atom stereocenters. The average molecular weight is 288 g/mol. The lowest BCUT2D eigenvalue weighted by molar-refractivity contribution is 0.0527. The first-order valence-electron chi connectivity index (χ1n) is 6.61. The molecule has 3 N–H and O–H groups in total. The van der Waals surface area contributed by atoms with Crippen LogP contribution in [0.3, 0.4) is 0 Å². The SMILES string of the molecule is CCOC(=O)c1cc(Nc2cccc(F)c2C)ccc1N. The summed E-state index contributed by atoms with van der Waals surface area (Å²) in [7, 11) is 0. The molecule has 0 aliphatic carbocycles. The number of nitrogen functional groups attached to an aromatic ring is 1. The second kappa shape index (κ2) is 6.26. The molecule has 0 unspecified atom stereocenters. The number of carbonyl (C=O) groups is 1. The molecule has 110 valence electrons. The van der Waals surface area contributed by atoms with Gasteiger partial charge < -0.3 is 15.8 Å². The van der Waals surface area contributed by atoms with Crippen LogP contribution in [0.2, 0.25) is 0 Å². The zero-order valence-electron chi connectivity index (χ0n) is 11.9. The van der Waals surface area contributed by atoms with Crippen LogP contribution in [0, 0.1) is 12.7 Å². The molecule has 2 rings (SSSR count). The van der Waals surface area contributed by atoms with Gasteiger partial charge in [-0.2, -0.15) is 0 Å². The van der Waals surface area contributed by atoms with Crippen LogP contribution in [0.25, 0.3) is 0 Å². The van der Waals surface area contributed by atoms with Gasteiger partial charge in [0.25, 0.3) is 0 Å². The molecule has 5 heteroatoms. The number of rotatable bonds is 4. The van der Waals surface area contributed by atoms with Crippen molar-refractivity contribution in [2.24, 2.45) is 0 Å². The molecular formula is C16H17FN2O2. The summed E-state index contributed by atoms with van der Waals surface area (Å²) in [5.74, 6) is -0.768. The Labute approximate surface area is 122 Å². The summed E-state index contributed by atoms with van der Waals surface area (Å²) in [6.07, 6.45) is 0. The van der Waals surface area contributed by atoms with Crippen LogP contribution in [-0.2, 0) is 4.74 Å². The first-order chi connectivity index (χ1) is 10.0. The van der Waals surface area contributed by atoms with Crippen molar-refractivity contribution in [3.63, 3.8) is 0 Å². The van der Waals surface area contributed by atoms with E-state index in [9.17, 15) is 9.18 Å². The van der Waals surface area contributed by atoms with E-state index in [4.69, 9.17) is 10.5 Å². The number of anilines is 3. The molecule has 0 saturated carbocycles. The number of hydrogen-bond acceptors (Lipinski definition) is 4. The Balaban J connectivity index is 2.31. The number of nitrogens with one attached hydrogen (secondary N) is 1. The van der Waals surface area contributed by atoms with Crippen molar-refractivity contribution in [2.75, 3.05) is 17.7 Å². The Bertz CT molecular complexity index is 671. The lowest BCUT2D eigenvalue weighted by Gasteiger charge is -2.12. The number of halogens is 1. The minimum Gasteiger partial charge on any atom is -0.462 e. The van der Waals surface area contributed by atoms with Gasteiger partial charge >= 0.3 is 5.97 Å². The minimum atomic E-state index is -0.477. The van der Waals surface area contributed by atoms with Crippen molar-refractivity contribution in [1.82, 2.24) is 0 Å². The predicted octanol–water partition coefficient (Wildman–Crippen LogP) is 3.64. The van der Waals surface area contributed by atoms with Crippen molar-refractivity contribution in [3.05, 3.63) is 53.3 Å². The van der Waals surface area contributed by atoms with Crippen molar-refractivity contribution in [3.8, 4) is 0 Å². The van der Waals surface area contributed by atoms with Gasteiger partial charge in [-0.15, -0.1) is 0 Å². The number of nitrogens with two attached hydrogens (primary N) is 1. The Morgan fingerprint density at radius 2 is 2.10 bits per heavy atom. The van der Waals surface area contributed by atoms with Crippen LogP contribution in [0.4, 0.5) is 21.5 Å². The maximum absolute atomic E-state index is 13.5. The molecule has 2 aromatic rings. The van der Waals surface area contributed by atoms with Gasteiger partial charge in [0.2, 0.25) is 0 Å². The summed E-state index contributed by atoms with van der Waals surface area (Å²) in [6.45, 7) is 3.69. The Kier molecular flexibility index (Phi) is 4.42. The smallest absolute Gasteiger partial charge is 0.340 e. The van der Waals surface area contributed by atoms with Crippen molar-refractivity contribution in [1.29, 1.82) is 0 Å². The molecule has 0 fully saturated rings. The highest BCUT2D eigenvalue weighted by Crippen LogP contribution is 2.25. The van der Waals surface area contributed by atoms with Gasteiger partial charge in [0.05, 0.1) is 12.2 Å². The number of carbonyl (C=O) groups excluding carboxylic acids is 1. The first kappa shape index (κ1) is 14.8. The van der Waals surface area contributed by atoms with E-state index in [0.717, 1.165) is 0 Å². The normalized spacial score (nSPS) is 10.2. The second-order valence-electron chi connectivity index (χ2n) is 4.56. The largest absolute Gasteiger partial charge is 0.462 e. The summed E-state index contributed by atoms with van der Waals surface area (Å²) >= 11 is 0. The van der Waals surface area contributed by atoms with E-state index in [1.165, 1.54) is 6.07 Å². The Hall–Kier alpha value is -2.56. The van der Waals surface area contributed by atoms with E-state index in [1.807, 2.05) is 0 Å².